The zero-order chi connectivity index (χ0) is 14.1. The van der Waals surface area contributed by atoms with Crippen LogP contribution in [0.3, 0.4) is 0 Å². The molecule has 0 aliphatic heterocycles. The highest BCUT2D eigenvalue weighted by atomic mass is 32.2. The fraction of sp³-hybridized carbons (Fsp3) is 0.692. The summed E-state index contributed by atoms with van der Waals surface area (Å²) in [5.74, 6) is 0. The molecule has 2 rings (SSSR count). The van der Waals surface area contributed by atoms with Crippen LogP contribution < -0.4 is 10.0 Å². The van der Waals surface area contributed by atoms with E-state index >= 15 is 0 Å². The van der Waals surface area contributed by atoms with Gasteiger partial charge >= 0.3 is 0 Å². The summed E-state index contributed by atoms with van der Waals surface area (Å²) in [4.78, 5) is 1.38. The van der Waals surface area contributed by atoms with Crippen LogP contribution in [0.25, 0.3) is 0 Å². The van der Waals surface area contributed by atoms with Gasteiger partial charge in [0.1, 0.15) is 4.90 Å². The largest absolute Gasteiger partial charge is 0.312 e. The lowest BCUT2D eigenvalue weighted by Crippen LogP contribution is -2.50. The molecule has 4 nitrogen and oxygen atoms in total. The summed E-state index contributed by atoms with van der Waals surface area (Å²) in [6.07, 6.45) is 2.96. The molecule has 19 heavy (non-hydrogen) atoms. The summed E-state index contributed by atoms with van der Waals surface area (Å²) in [7, 11) is -3.41. The van der Waals surface area contributed by atoms with Crippen LogP contribution in [0.2, 0.25) is 0 Å². The van der Waals surface area contributed by atoms with E-state index in [4.69, 9.17) is 0 Å². The zero-order valence-electron chi connectivity index (χ0n) is 11.7. The highest BCUT2D eigenvalue weighted by molar-refractivity contribution is 7.89. The van der Waals surface area contributed by atoms with Crippen molar-refractivity contribution in [3.63, 3.8) is 0 Å². The first kappa shape index (κ1) is 15.0. The quantitative estimate of drug-likeness (QED) is 0.848. The van der Waals surface area contributed by atoms with E-state index in [-0.39, 0.29) is 5.54 Å². The van der Waals surface area contributed by atoms with E-state index < -0.39 is 10.0 Å². The second kappa shape index (κ2) is 5.52. The Bertz CT molecular complexity index is 545. The van der Waals surface area contributed by atoms with E-state index in [1.54, 1.807) is 0 Å². The highest BCUT2D eigenvalue weighted by Crippen LogP contribution is 2.34. The van der Waals surface area contributed by atoms with E-state index in [1.165, 1.54) is 11.3 Å². The van der Waals surface area contributed by atoms with E-state index in [9.17, 15) is 8.42 Å². The Morgan fingerprint density at radius 3 is 2.63 bits per heavy atom. The fourth-order valence-corrected chi connectivity index (χ4v) is 5.64. The fourth-order valence-electron chi connectivity index (χ4n) is 2.39. The van der Waals surface area contributed by atoms with Gasteiger partial charge in [-0.25, -0.2) is 13.1 Å². The standard InChI is InChI=1S/C13H22N2O2S2/c1-4-14-8-11-12(10(2)9-18-11)19(16,17)15-13(3)6-5-7-13/h9,14-15H,4-8H2,1-3H3. The molecule has 0 spiro atoms. The first-order chi connectivity index (χ1) is 8.88. The molecule has 2 N–H and O–H groups in total. The first-order valence-electron chi connectivity index (χ1n) is 6.69. The van der Waals surface area contributed by atoms with Crippen molar-refractivity contribution < 1.29 is 8.42 Å². The van der Waals surface area contributed by atoms with Crippen molar-refractivity contribution in [2.24, 2.45) is 0 Å². The Hall–Kier alpha value is -0.430. The molecule has 1 aromatic rings. The van der Waals surface area contributed by atoms with Gasteiger partial charge in [0.25, 0.3) is 0 Å². The van der Waals surface area contributed by atoms with Gasteiger partial charge in [0, 0.05) is 17.0 Å². The predicted molar refractivity (Wildman–Crippen MR) is 79.0 cm³/mol. The lowest BCUT2D eigenvalue weighted by molar-refractivity contribution is 0.248. The molecule has 0 unspecified atom stereocenters. The Morgan fingerprint density at radius 1 is 1.42 bits per heavy atom. The summed E-state index contributed by atoms with van der Waals surface area (Å²) in [6, 6.07) is 0. The number of rotatable bonds is 6. The Kier molecular flexibility index (Phi) is 4.35. The third-order valence-corrected chi connectivity index (χ3v) is 6.73. The molecule has 0 radical (unpaired) electrons. The number of sulfonamides is 1. The molecule has 6 heteroatoms. The summed E-state index contributed by atoms with van der Waals surface area (Å²) in [5, 5.41) is 5.12. The molecular weight excluding hydrogens is 280 g/mol. The van der Waals surface area contributed by atoms with Crippen LogP contribution >= 0.6 is 11.3 Å². The van der Waals surface area contributed by atoms with E-state index in [1.807, 2.05) is 26.2 Å². The van der Waals surface area contributed by atoms with Gasteiger partial charge in [-0.2, -0.15) is 0 Å². The van der Waals surface area contributed by atoms with E-state index in [0.29, 0.717) is 11.4 Å². The molecule has 1 fully saturated rings. The monoisotopic (exact) mass is 302 g/mol. The van der Waals surface area contributed by atoms with Gasteiger partial charge in [-0.15, -0.1) is 11.3 Å². The lowest BCUT2D eigenvalue weighted by atomic mass is 9.80. The molecule has 0 aromatic carbocycles. The number of aryl methyl sites for hydroxylation is 1. The molecule has 0 bridgehead atoms. The summed E-state index contributed by atoms with van der Waals surface area (Å²) in [5.41, 5.74) is 0.594. The van der Waals surface area contributed by atoms with E-state index in [2.05, 4.69) is 10.0 Å². The second-order valence-electron chi connectivity index (χ2n) is 5.47. The average Bonchev–Trinajstić information content (AvgIpc) is 2.66. The normalized spacial score (nSPS) is 18.3. The van der Waals surface area contributed by atoms with Crippen LogP contribution in [-0.4, -0.2) is 20.5 Å². The Labute approximate surface area is 119 Å². The molecule has 1 aromatic heterocycles. The van der Waals surface area contributed by atoms with Gasteiger partial charge in [0.05, 0.1) is 0 Å². The molecule has 0 atom stereocenters. The van der Waals surface area contributed by atoms with E-state index in [0.717, 1.165) is 36.2 Å². The minimum absolute atomic E-state index is 0.247. The molecule has 0 saturated heterocycles. The van der Waals surface area contributed by atoms with Crippen LogP contribution in [0.5, 0.6) is 0 Å². The van der Waals surface area contributed by atoms with Gasteiger partial charge in [-0.1, -0.05) is 6.92 Å². The molecular formula is C13H22N2O2S2. The van der Waals surface area contributed by atoms with Gasteiger partial charge in [0.2, 0.25) is 10.0 Å². The van der Waals surface area contributed by atoms with Crippen LogP contribution in [0.1, 0.15) is 43.6 Å². The van der Waals surface area contributed by atoms with Gasteiger partial charge < -0.3 is 5.32 Å². The van der Waals surface area contributed by atoms with Gasteiger partial charge in [-0.3, -0.25) is 0 Å². The maximum Gasteiger partial charge on any atom is 0.242 e. The lowest BCUT2D eigenvalue weighted by Gasteiger charge is -2.38. The van der Waals surface area contributed by atoms with Crippen LogP contribution in [0.15, 0.2) is 10.3 Å². The number of hydrogen-bond donors (Lipinski definition) is 2. The second-order valence-corrected chi connectivity index (χ2v) is 8.05. The molecule has 108 valence electrons. The smallest absolute Gasteiger partial charge is 0.242 e. The average molecular weight is 302 g/mol. The number of nitrogens with one attached hydrogen (secondary N) is 2. The third-order valence-electron chi connectivity index (χ3n) is 3.63. The first-order valence-corrected chi connectivity index (χ1v) is 9.06. The molecule has 1 aliphatic carbocycles. The Balaban J connectivity index is 2.26. The van der Waals surface area contributed by atoms with Crippen molar-refractivity contribution in [1.82, 2.24) is 10.0 Å². The topological polar surface area (TPSA) is 58.2 Å². The number of thiophene rings is 1. The van der Waals surface area contributed by atoms with Crippen LogP contribution in [0.4, 0.5) is 0 Å². The maximum atomic E-state index is 12.6. The molecule has 1 heterocycles. The van der Waals surface area contributed by atoms with Crippen molar-refractivity contribution in [2.45, 2.75) is 57.0 Å². The summed E-state index contributed by atoms with van der Waals surface area (Å²) in [6.45, 7) is 7.31. The minimum atomic E-state index is -3.41. The maximum absolute atomic E-state index is 12.6. The molecule has 1 aliphatic rings. The summed E-state index contributed by atoms with van der Waals surface area (Å²) >= 11 is 1.51. The van der Waals surface area contributed by atoms with Crippen molar-refractivity contribution in [1.29, 1.82) is 0 Å². The Morgan fingerprint density at radius 2 is 2.11 bits per heavy atom. The highest BCUT2D eigenvalue weighted by Gasteiger charge is 2.37. The van der Waals surface area contributed by atoms with Crippen molar-refractivity contribution in [3.8, 4) is 0 Å². The van der Waals surface area contributed by atoms with Crippen LogP contribution in [0, 0.1) is 6.92 Å². The zero-order valence-corrected chi connectivity index (χ0v) is 13.4. The SMILES string of the molecule is CCNCc1scc(C)c1S(=O)(=O)NC1(C)CCC1. The number of hydrogen-bond acceptors (Lipinski definition) is 4. The third kappa shape index (κ3) is 3.18. The van der Waals surface area contributed by atoms with Gasteiger partial charge in [0.15, 0.2) is 0 Å². The minimum Gasteiger partial charge on any atom is -0.312 e. The van der Waals surface area contributed by atoms with Gasteiger partial charge in [-0.05, 0) is 50.6 Å². The van der Waals surface area contributed by atoms with Crippen molar-refractivity contribution in [3.05, 3.63) is 15.8 Å². The van der Waals surface area contributed by atoms with Crippen molar-refractivity contribution >= 4 is 21.4 Å². The van der Waals surface area contributed by atoms with Crippen molar-refractivity contribution in [2.75, 3.05) is 6.54 Å². The molecule has 0 amide bonds. The predicted octanol–water partition coefficient (Wildman–Crippen LogP) is 2.39. The van der Waals surface area contributed by atoms with Crippen LogP contribution in [-0.2, 0) is 16.6 Å². The summed E-state index contributed by atoms with van der Waals surface area (Å²) < 4.78 is 28.0. The molecule has 1 saturated carbocycles.